The highest BCUT2D eigenvalue weighted by molar-refractivity contribution is 7.70. The molecule has 1 aromatic rings. The van der Waals surface area contributed by atoms with Crippen LogP contribution in [0.4, 0.5) is 0 Å². The van der Waals surface area contributed by atoms with Crippen molar-refractivity contribution in [2.45, 2.75) is 0 Å². The van der Waals surface area contributed by atoms with E-state index in [0.29, 0.717) is 6.54 Å². The van der Waals surface area contributed by atoms with Crippen molar-refractivity contribution in [3.8, 4) is 0 Å². The molecule has 0 aliphatic rings. The van der Waals surface area contributed by atoms with Crippen molar-refractivity contribution in [1.29, 1.82) is 0 Å². The van der Waals surface area contributed by atoms with Gasteiger partial charge in [0.1, 0.15) is 7.14 Å². The van der Waals surface area contributed by atoms with Crippen molar-refractivity contribution in [3.05, 3.63) is 35.9 Å². The molecule has 0 saturated carbocycles. The normalized spacial score (nSPS) is 12.2. The average molecular weight is 209 g/mol. The van der Waals surface area contributed by atoms with E-state index in [1.54, 1.807) is 13.3 Å². The van der Waals surface area contributed by atoms with E-state index >= 15 is 0 Å². The molecule has 0 spiro atoms. The summed E-state index contributed by atoms with van der Waals surface area (Å²) in [6.45, 7) is 4.08. The van der Waals surface area contributed by atoms with Crippen molar-refractivity contribution in [2.75, 3.05) is 19.9 Å². The van der Waals surface area contributed by atoms with Crippen LogP contribution in [-0.4, -0.2) is 19.9 Å². The van der Waals surface area contributed by atoms with Crippen molar-refractivity contribution in [1.82, 2.24) is 0 Å². The molecular formula is C11H16NOP. The summed E-state index contributed by atoms with van der Waals surface area (Å²) in [5.74, 6) is 0. The monoisotopic (exact) mass is 209 g/mol. The van der Waals surface area contributed by atoms with Gasteiger partial charge in [0.15, 0.2) is 0 Å². The molecule has 3 heteroatoms. The van der Waals surface area contributed by atoms with E-state index in [4.69, 9.17) is 5.73 Å². The standard InChI is InChI=1S/C11H16NOP/c1-14(2,13)11-7-3-5-10(9-11)6-4-8-12/h3-7,9H,8,12H2,1-2H3/b6-4+. The van der Waals surface area contributed by atoms with Crippen LogP contribution in [0, 0.1) is 0 Å². The van der Waals surface area contributed by atoms with Gasteiger partial charge in [-0.15, -0.1) is 0 Å². The Bertz CT molecular complexity index is 379. The summed E-state index contributed by atoms with van der Waals surface area (Å²) in [5.41, 5.74) is 6.41. The van der Waals surface area contributed by atoms with E-state index < -0.39 is 7.14 Å². The largest absolute Gasteiger partial charge is 0.327 e. The van der Waals surface area contributed by atoms with E-state index in [0.717, 1.165) is 10.9 Å². The minimum atomic E-state index is -2.14. The van der Waals surface area contributed by atoms with Gasteiger partial charge in [-0.05, 0) is 25.0 Å². The van der Waals surface area contributed by atoms with Crippen molar-refractivity contribution in [2.24, 2.45) is 5.73 Å². The summed E-state index contributed by atoms with van der Waals surface area (Å²) in [5, 5.41) is 0.914. The summed E-state index contributed by atoms with van der Waals surface area (Å²) in [6, 6.07) is 7.75. The van der Waals surface area contributed by atoms with Crippen LogP contribution in [-0.2, 0) is 4.57 Å². The summed E-state index contributed by atoms with van der Waals surface area (Å²) in [6.07, 6.45) is 3.83. The molecule has 0 atom stereocenters. The minimum absolute atomic E-state index is 0.528. The summed E-state index contributed by atoms with van der Waals surface area (Å²) >= 11 is 0. The summed E-state index contributed by atoms with van der Waals surface area (Å²) in [4.78, 5) is 0. The van der Waals surface area contributed by atoms with E-state index in [-0.39, 0.29) is 0 Å². The lowest BCUT2D eigenvalue weighted by atomic mass is 10.2. The third kappa shape index (κ3) is 3.13. The van der Waals surface area contributed by atoms with Gasteiger partial charge >= 0.3 is 0 Å². The van der Waals surface area contributed by atoms with E-state index in [1.807, 2.05) is 36.4 Å². The lowest BCUT2D eigenvalue weighted by molar-refractivity contribution is 0.588. The van der Waals surface area contributed by atoms with Crippen molar-refractivity contribution >= 4 is 18.5 Å². The van der Waals surface area contributed by atoms with Crippen molar-refractivity contribution < 1.29 is 4.57 Å². The quantitative estimate of drug-likeness (QED) is 0.773. The molecule has 14 heavy (non-hydrogen) atoms. The Morgan fingerprint density at radius 3 is 2.71 bits per heavy atom. The molecule has 0 radical (unpaired) electrons. The fraction of sp³-hybridized carbons (Fsp3) is 0.273. The first kappa shape index (κ1) is 11.2. The third-order valence-electron chi connectivity index (χ3n) is 1.94. The Labute approximate surface area is 85.2 Å². The maximum atomic E-state index is 11.8. The fourth-order valence-electron chi connectivity index (χ4n) is 1.17. The van der Waals surface area contributed by atoms with E-state index in [9.17, 15) is 4.57 Å². The second-order valence-corrected chi connectivity index (χ2v) is 6.80. The topological polar surface area (TPSA) is 43.1 Å². The SMILES string of the molecule is CP(C)(=O)c1cccc(/C=C/CN)c1. The molecule has 0 bridgehead atoms. The number of nitrogens with two attached hydrogens (primary N) is 1. The van der Waals surface area contributed by atoms with Crippen molar-refractivity contribution in [3.63, 3.8) is 0 Å². The predicted molar refractivity (Wildman–Crippen MR) is 63.6 cm³/mol. The van der Waals surface area contributed by atoms with Crippen LogP contribution in [0.15, 0.2) is 30.3 Å². The first-order valence-corrected chi connectivity index (χ1v) is 7.16. The molecule has 0 aliphatic heterocycles. The van der Waals surface area contributed by atoms with Crippen LogP contribution in [0.3, 0.4) is 0 Å². The maximum Gasteiger partial charge on any atom is 0.109 e. The van der Waals surface area contributed by atoms with Gasteiger partial charge in [-0.25, -0.2) is 0 Å². The van der Waals surface area contributed by atoms with Gasteiger partial charge < -0.3 is 10.3 Å². The van der Waals surface area contributed by atoms with Gasteiger partial charge in [0, 0.05) is 11.8 Å². The molecule has 0 amide bonds. The highest BCUT2D eigenvalue weighted by Gasteiger charge is 2.09. The second-order valence-electron chi connectivity index (χ2n) is 3.58. The highest BCUT2D eigenvalue weighted by atomic mass is 31.2. The number of rotatable bonds is 3. The predicted octanol–water partition coefficient (Wildman–Crippen LogP) is 1.91. The molecule has 1 aromatic carbocycles. The molecule has 0 heterocycles. The van der Waals surface area contributed by atoms with Gasteiger partial charge in [-0.3, -0.25) is 0 Å². The third-order valence-corrected chi connectivity index (χ3v) is 3.46. The molecule has 76 valence electrons. The maximum absolute atomic E-state index is 11.8. The zero-order chi connectivity index (χ0) is 10.6. The Morgan fingerprint density at radius 2 is 2.14 bits per heavy atom. The summed E-state index contributed by atoms with van der Waals surface area (Å²) in [7, 11) is -2.14. The molecule has 0 fully saturated rings. The molecule has 0 saturated heterocycles. The molecule has 2 N–H and O–H groups in total. The molecule has 2 nitrogen and oxygen atoms in total. The Morgan fingerprint density at radius 1 is 1.43 bits per heavy atom. The zero-order valence-electron chi connectivity index (χ0n) is 8.60. The van der Waals surface area contributed by atoms with Gasteiger partial charge in [-0.1, -0.05) is 30.4 Å². The first-order valence-electron chi connectivity index (χ1n) is 4.56. The van der Waals surface area contributed by atoms with Gasteiger partial charge in [0.2, 0.25) is 0 Å². The fourth-order valence-corrected chi connectivity index (χ4v) is 2.07. The smallest absolute Gasteiger partial charge is 0.109 e. The van der Waals surface area contributed by atoms with Gasteiger partial charge in [0.05, 0.1) is 0 Å². The average Bonchev–Trinajstić information content (AvgIpc) is 2.14. The number of benzene rings is 1. The lowest BCUT2D eigenvalue weighted by Gasteiger charge is -2.06. The van der Waals surface area contributed by atoms with Crippen LogP contribution in [0.25, 0.3) is 6.08 Å². The number of hydrogen-bond acceptors (Lipinski definition) is 2. The minimum Gasteiger partial charge on any atom is -0.327 e. The molecule has 1 rings (SSSR count). The highest BCUT2D eigenvalue weighted by Crippen LogP contribution is 2.34. The molecular weight excluding hydrogens is 193 g/mol. The van der Waals surface area contributed by atoms with Crippen LogP contribution in [0.5, 0.6) is 0 Å². The number of hydrogen-bond donors (Lipinski definition) is 1. The van der Waals surface area contributed by atoms with Crippen LogP contribution in [0.1, 0.15) is 5.56 Å². The Balaban J connectivity index is 3.02. The lowest BCUT2D eigenvalue weighted by Crippen LogP contribution is -2.02. The summed E-state index contributed by atoms with van der Waals surface area (Å²) < 4.78 is 11.8. The molecule has 0 aromatic heterocycles. The van der Waals surface area contributed by atoms with Gasteiger partial charge in [-0.2, -0.15) is 0 Å². The zero-order valence-corrected chi connectivity index (χ0v) is 9.50. The Hall–Kier alpha value is -0.850. The molecule has 0 unspecified atom stereocenters. The first-order chi connectivity index (χ1) is 6.54. The van der Waals surface area contributed by atoms with Crippen LogP contribution in [0.2, 0.25) is 0 Å². The van der Waals surface area contributed by atoms with Gasteiger partial charge in [0.25, 0.3) is 0 Å². The van der Waals surface area contributed by atoms with E-state index in [2.05, 4.69) is 0 Å². The van der Waals surface area contributed by atoms with Crippen LogP contribution < -0.4 is 11.0 Å². The van der Waals surface area contributed by atoms with Crippen LogP contribution >= 0.6 is 7.14 Å². The van der Waals surface area contributed by atoms with E-state index in [1.165, 1.54) is 0 Å². The Kier molecular flexibility index (Phi) is 3.68. The second kappa shape index (κ2) is 4.59. The molecule has 0 aliphatic carbocycles.